The summed E-state index contributed by atoms with van der Waals surface area (Å²) in [6.07, 6.45) is 2.28. The number of H-pyrrole nitrogens is 1. The number of anilines is 1. The number of nitrogens with zero attached hydrogens (tertiary/aromatic N) is 5. The SMILES string of the molecule is Cc1c(Cl)nc(C2CC2)nc1NC(C)c1nn[nH]n1. The Kier molecular flexibility index (Phi) is 3.06. The minimum atomic E-state index is -0.101. The second kappa shape index (κ2) is 4.73. The third-order valence-electron chi connectivity index (χ3n) is 3.15. The van der Waals surface area contributed by atoms with Gasteiger partial charge in [0.25, 0.3) is 0 Å². The Morgan fingerprint density at radius 3 is 2.79 bits per heavy atom. The van der Waals surface area contributed by atoms with Gasteiger partial charge in [0.2, 0.25) is 0 Å². The minimum Gasteiger partial charge on any atom is -0.360 e. The smallest absolute Gasteiger partial charge is 0.196 e. The highest BCUT2D eigenvalue weighted by Gasteiger charge is 2.28. The summed E-state index contributed by atoms with van der Waals surface area (Å²) < 4.78 is 0. The van der Waals surface area contributed by atoms with Crippen LogP contribution in [0.1, 0.15) is 48.9 Å². The van der Waals surface area contributed by atoms with Crippen LogP contribution in [-0.2, 0) is 0 Å². The molecule has 2 N–H and O–H groups in total. The quantitative estimate of drug-likeness (QED) is 0.832. The summed E-state index contributed by atoms with van der Waals surface area (Å²) >= 11 is 6.16. The number of rotatable bonds is 4. The lowest BCUT2D eigenvalue weighted by Crippen LogP contribution is -2.12. The third-order valence-corrected chi connectivity index (χ3v) is 3.52. The van der Waals surface area contributed by atoms with Gasteiger partial charge >= 0.3 is 0 Å². The Morgan fingerprint density at radius 1 is 1.37 bits per heavy atom. The molecule has 0 radical (unpaired) electrons. The van der Waals surface area contributed by atoms with Crippen LogP contribution in [0.25, 0.3) is 0 Å². The van der Waals surface area contributed by atoms with Crippen LogP contribution in [0.15, 0.2) is 0 Å². The zero-order valence-corrected chi connectivity index (χ0v) is 11.4. The van der Waals surface area contributed by atoms with Crippen LogP contribution in [-0.4, -0.2) is 30.6 Å². The van der Waals surface area contributed by atoms with Gasteiger partial charge in [-0.25, -0.2) is 9.97 Å². The maximum atomic E-state index is 6.16. The van der Waals surface area contributed by atoms with Crippen molar-refractivity contribution in [1.29, 1.82) is 0 Å². The van der Waals surface area contributed by atoms with Gasteiger partial charge < -0.3 is 5.32 Å². The van der Waals surface area contributed by atoms with Gasteiger partial charge in [0.05, 0.1) is 6.04 Å². The van der Waals surface area contributed by atoms with Gasteiger partial charge in [0.1, 0.15) is 16.8 Å². The maximum absolute atomic E-state index is 6.16. The number of aromatic nitrogens is 6. The number of halogens is 1. The molecule has 1 atom stereocenters. The Morgan fingerprint density at radius 2 is 2.16 bits per heavy atom. The average Bonchev–Trinajstić information content (AvgIpc) is 3.09. The van der Waals surface area contributed by atoms with E-state index in [1.807, 2.05) is 13.8 Å². The molecule has 7 nitrogen and oxygen atoms in total. The summed E-state index contributed by atoms with van der Waals surface area (Å²) in [5.41, 5.74) is 0.835. The zero-order chi connectivity index (χ0) is 13.4. The van der Waals surface area contributed by atoms with E-state index in [2.05, 4.69) is 35.9 Å². The van der Waals surface area contributed by atoms with E-state index in [0.717, 1.165) is 30.0 Å². The molecule has 2 aromatic rings. The lowest BCUT2D eigenvalue weighted by atomic mass is 10.2. The first-order valence-electron chi connectivity index (χ1n) is 6.19. The van der Waals surface area contributed by atoms with Gasteiger partial charge in [-0.15, -0.1) is 10.2 Å². The van der Waals surface area contributed by atoms with Gasteiger partial charge in [0.15, 0.2) is 5.82 Å². The fourth-order valence-corrected chi connectivity index (χ4v) is 1.97. The molecule has 1 aliphatic rings. The highest BCUT2D eigenvalue weighted by Crippen LogP contribution is 2.39. The molecule has 1 fully saturated rings. The fourth-order valence-electron chi connectivity index (χ4n) is 1.79. The summed E-state index contributed by atoms with van der Waals surface area (Å²) in [7, 11) is 0. The number of hydrogen-bond acceptors (Lipinski definition) is 6. The van der Waals surface area contributed by atoms with Crippen LogP contribution in [0.5, 0.6) is 0 Å². The van der Waals surface area contributed by atoms with E-state index in [1.54, 1.807) is 0 Å². The molecular weight excluding hydrogens is 266 g/mol. The molecule has 0 spiro atoms. The molecule has 8 heteroatoms. The van der Waals surface area contributed by atoms with Crippen molar-refractivity contribution in [2.45, 2.75) is 38.6 Å². The first kappa shape index (κ1) is 12.3. The van der Waals surface area contributed by atoms with Crippen LogP contribution in [0.4, 0.5) is 5.82 Å². The van der Waals surface area contributed by atoms with Gasteiger partial charge in [-0.05, 0) is 26.7 Å². The summed E-state index contributed by atoms with van der Waals surface area (Å²) in [6.45, 7) is 3.83. The van der Waals surface area contributed by atoms with Crippen LogP contribution >= 0.6 is 11.6 Å². The van der Waals surface area contributed by atoms with E-state index in [4.69, 9.17) is 11.6 Å². The fraction of sp³-hybridized carbons (Fsp3) is 0.545. The third kappa shape index (κ3) is 2.51. The van der Waals surface area contributed by atoms with Crippen molar-refractivity contribution in [3.8, 4) is 0 Å². The molecule has 2 heterocycles. The first-order valence-corrected chi connectivity index (χ1v) is 6.57. The molecule has 1 unspecified atom stereocenters. The summed E-state index contributed by atoms with van der Waals surface area (Å²) in [5.74, 6) is 2.60. The Balaban J connectivity index is 1.87. The highest BCUT2D eigenvalue weighted by atomic mass is 35.5. The van der Waals surface area contributed by atoms with Gasteiger partial charge in [-0.2, -0.15) is 5.21 Å². The molecule has 100 valence electrons. The average molecular weight is 280 g/mol. The van der Waals surface area contributed by atoms with E-state index in [1.165, 1.54) is 0 Å². The van der Waals surface area contributed by atoms with Crippen molar-refractivity contribution in [2.24, 2.45) is 0 Å². The second-order valence-corrected chi connectivity index (χ2v) is 5.11. The van der Waals surface area contributed by atoms with Gasteiger partial charge in [-0.1, -0.05) is 16.8 Å². The number of hydrogen-bond donors (Lipinski definition) is 2. The molecule has 1 aliphatic carbocycles. The van der Waals surface area contributed by atoms with E-state index < -0.39 is 0 Å². The van der Waals surface area contributed by atoms with Crippen molar-refractivity contribution < 1.29 is 0 Å². The molecule has 0 saturated heterocycles. The maximum Gasteiger partial charge on any atom is 0.196 e. The minimum absolute atomic E-state index is 0.101. The largest absolute Gasteiger partial charge is 0.360 e. The lowest BCUT2D eigenvalue weighted by molar-refractivity contribution is 0.780. The van der Waals surface area contributed by atoms with E-state index in [-0.39, 0.29) is 6.04 Å². The predicted octanol–water partition coefficient (Wildman–Crippen LogP) is 2.00. The lowest BCUT2D eigenvalue weighted by Gasteiger charge is -2.14. The Hall–Kier alpha value is -1.76. The topological polar surface area (TPSA) is 92.3 Å². The monoisotopic (exact) mass is 279 g/mol. The predicted molar refractivity (Wildman–Crippen MR) is 70.0 cm³/mol. The second-order valence-electron chi connectivity index (χ2n) is 4.76. The molecule has 2 aromatic heterocycles. The van der Waals surface area contributed by atoms with Crippen LogP contribution < -0.4 is 5.32 Å². The zero-order valence-electron chi connectivity index (χ0n) is 10.7. The van der Waals surface area contributed by atoms with Crippen LogP contribution in [0.3, 0.4) is 0 Å². The van der Waals surface area contributed by atoms with Crippen molar-refractivity contribution in [2.75, 3.05) is 5.32 Å². The Bertz CT molecular complexity index is 579. The number of tetrazole rings is 1. The summed E-state index contributed by atoms with van der Waals surface area (Å²) in [6, 6.07) is -0.101. The first-order chi connectivity index (χ1) is 9.15. The molecule has 19 heavy (non-hydrogen) atoms. The molecule has 0 bridgehead atoms. The Labute approximate surface area is 115 Å². The summed E-state index contributed by atoms with van der Waals surface area (Å²) in [5, 5.41) is 17.6. The van der Waals surface area contributed by atoms with Gasteiger partial charge in [-0.3, -0.25) is 0 Å². The number of nitrogens with one attached hydrogen (secondary N) is 2. The molecule has 3 rings (SSSR count). The highest BCUT2D eigenvalue weighted by molar-refractivity contribution is 6.30. The van der Waals surface area contributed by atoms with E-state index in [9.17, 15) is 0 Å². The van der Waals surface area contributed by atoms with Crippen LogP contribution in [0, 0.1) is 6.92 Å². The van der Waals surface area contributed by atoms with E-state index in [0.29, 0.717) is 16.9 Å². The molecular formula is C11H14ClN7. The van der Waals surface area contributed by atoms with Crippen molar-refractivity contribution in [1.82, 2.24) is 30.6 Å². The molecule has 1 saturated carbocycles. The van der Waals surface area contributed by atoms with Crippen LogP contribution in [0.2, 0.25) is 5.15 Å². The summed E-state index contributed by atoms with van der Waals surface area (Å²) in [4.78, 5) is 8.88. The van der Waals surface area contributed by atoms with Gasteiger partial charge in [0, 0.05) is 11.5 Å². The standard InChI is InChI=1S/C11H14ClN7/c1-5-8(12)14-11(7-3-4-7)15-9(5)13-6(2)10-16-18-19-17-10/h6-7H,3-4H2,1-2H3,(H,13,14,15)(H,16,17,18,19). The van der Waals surface area contributed by atoms with Crippen molar-refractivity contribution in [3.05, 3.63) is 22.4 Å². The van der Waals surface area contributed by atoms with E-state index >= 15 is 0 Å². The molecule has 0 aliphatic heterocycles. The molecule has 0 aromatic carbocycles. The van der Waals surface area contributed by atoms with Crippen molar-refractivity contribution in [3.63, 3.8) is 0 Å². The molecule has 0 amide bonds. The van der Waals surface area contributed by atoms with Crippen molar-refractivity contribution >= 4 is 17.4 Å². The number of aromatic amines is 1. The normalized spacial score (nSPS) is 16.4.